The second-order valence-electron chi connectivity index (χ2n) is 5.01. The quantitative estimate of drug-likeness (QED) is 0.762. The topological polar surface area (TPSA) is 75.4 Å². The summed E-state index contributed by atoms with van der Waals surface area (Å²) in [5, 5.41) is 12.1. The fraction of sp³-hybridized carbons (Fsp3) is 0.125. The van der Waals surface area contributed by atoms with Gasteiger partial charge in [-0.15, -0.1) is 0 Å². The van der Waals surface area contributed by atoms with Gasteiger partial charge in [-0.3, -0.25) is 0 Å². The average Bonchev–Trinajstić information content (AvgIpc) is 2.78. The molecule has 21 heavy (non-hydrogen) atoms. The number of carboxylic acids is 1. The molecular formula is C16H14N2O3. The van der Waals surface area contributed by atoms with Gasteiger partial charge in [0.1, 0.15) is 5.52 Å². The maximum atomic E-state index is 10.9. The number of aromatic carboxylic acids is 1. The monoisotopic (exact) mass is 282 g/mol. The van der Waals surface area contributed by atoms with Gasteiger partial charge in [0.2, 0.25) is 0 Å². The molecule has 0 saturated heterocycles. The molecule has 5 nitrogen and oxygen atoms in total. The van der Waals surface area contributed by atoms with Crippen LogP contribution in [0.1, 0.15) is 21.5 Å². The Balaban J connectivity index is 1.95. The van der Waals surface area contributed by atoms with Crippen LogP contribution in [0, 0.1) is 13.8 Å². The minimum atomic E-state index is -0.989. The highest BCUT2D eigenvalue weighted by molar-refractivity contribution is 5.92. The summed E-state index contributed by atoms with van der Waals surface area (Å²) in [4.78, 5) is 15.2. The van der Waals surface area contributed by atoms with Crippen molar-refractivity contribution in [3.8, 4) is 0 Å². The van der Waals surface area contributed by atoms with Crippen LogP contribution >= 0.6 is 0 Å². The molecule has 2 N–H and O–H groups in total. The molecule has 0 aliphatic carbocycles. The molecule has 1 heterocycles. The summed E-state index contributed by atoms with van der Waals surface area (Å²) in [7, 11) is 0. The van der Waals surface area contributed by atoms with Gasteiger partial charge in [0, 0.05) is 5.69 Å². The van der Waals surface area contributed by atoms with E-state index in [2.05, 4.69) is 16.4 Å². The van der Waals surface area contributed by atoms with Crippen molar-refractivity contribution in [1.82, 2.24) is 4.98 Å². The lowest BCUT2D eigenvalue weighted by Crippen LogP contribution is -1.94. The first-order chi connectivity index (χ1) is 10.0. The van der Waals surface area contributed by atoms with Crippen molar-refractivity contribution in [3.63, 3.8) is 0 Å². The number of fused-ring (bicyclic) bond motifs is 1. The van der Waals surface area contributed by atoms with E-state index in [1.807, 2.05) is 26.0 Å². The number of aromatic nitrogens is 1. The number of hydrogen-bond donors (Lipinski definition) is 2. The highest BCUT2D eigenvalue weighted by Crippen LogP contribution is 2.24. The first-order valence-corrected chi connectivity index (χ1v) is 6.50. The highest BCUT2D eigenvalue weighted by atomic mass is 16.4. The van der Waals surface area contributed by atoms with E-state index in [9.17, 15) is 4.79 Å². The number of oxazole rings is 1. The van der Waals surface area contributed by atoms with Crippen molar-refractivity contribution in [2.24, 2.45) is 0 Å². The van der Waals surface area contributed by atoms with E-state index in [0.717, 1.165) is 16.8 Å². The van der Waals surface area contributed by atoms with Crippen molar-refractivity contribution in [1.29, 1.82) is 0 Å². The number of carbonyl (C=O) groups is 1. The number of rotatable bonds is 3. The van der Waals surface area contributed by atoms with Gasteiger partial charge in [-0.25, -0.2) is 4.79 Å². The number of anilines is 2. The number of aryl methyl sites for hydroxylation is 2. The number of nitrogens with one attached hydrogen (secondary N) is 1. The molecule has 0 spiro atoms. The summed E-state index contributed by atoms with van der Waals surface area (Å²) in [6.07, 6.45) is 0. The van der Waals surface area contributed by atoms with E-state index in [1.165, 1.54) is 12.1 Å². The van der Waals surface area contributed by atoms with Crippen molar-refractivity contribution in [2.45, 2.75) is 13.8 Å². The maximum absolute atomic E-state index is 10.9. The Morgan fingerprint density at radius 2 is 1.86 bits per heavy atom. The van der Waals surface area contributed by atoms with Crippen molar-refractivity contribution in [3.05, 3.63) is 53.1 Å². The lowest BCUT2D eigenvalue weighted by atomic mass is 10.1. The molecule has 0 bridgehead atoms. The molecule has 5 heteroatoms. The maximum Gasteiger partial charge on any atom is 0.335 e. The molecule has 0 saturated carbocycles. The van der Waals surface area contributed by atoms with Crippen LogP contribution in [0.5, 0.6) is 0 Å². The van der Waals surface area contributed by atoms with Crippen LogP contribution in [0.25, 0.3) is 11.1 Å². The molecule has 106 valence electrons. The largest absolute Gasteiger partial charge is 0.478 e. The number of benzene rings is 2. The molecule has 1 aromatic heterocycles. The third-order valence-electron chi connectivity index (χ3n) is 3.11. The molecule has 2 aromatic carbocycles. The lowest BCUT2D eigenvalue weighted by molar-refractivity contribution is 0.0697. The van der Waals surface area contributed by atoms with Gasteiger partial charge in [0.15, 0.2) is 5.58 Å². The second kappa shape index (κ2) is 4.94. The zero-order chi connectivity index (χ0) is 15.0. The summed E-state index contributed by atoms with van der Waals surface area (Å²) < 4.78 is 5.56. The third-order valence-corrected chi connectivity index (χ3v) is 3.11. The van der Waals surface area contributed by atoms with Gasteiger partial charge in [-0.05, 0) is 55.3 Å². The minimum absolute atomic E-state index is 0.177. The molecule has 0 amide bonds. The Morgan fingerprint density at radius 1 is 1.14 bits per heavy atom. The summed E-state index contributed by atoms with van der Waals surface area (Å²) in [5.74, 6) is -0.989. The Morgan fingerprint density at radius 3 is 2.52 bits per heavy atom. The molecule has 0 unspecified atom stereocenters. The van der Waals surface area contributed by atoms with Crippen LogP contribution in [-0.2, 0) is 0 Å². The molecule has 0 atom stereocenters. The third kappa shape index (κ3) is 2.72. The van der Waals surface area contributed by atoms with E-state index >= 15 is 0 Å². The van der Waals surface area contributed by atoms with Gasteiger partial charge in [0.05, 0.1) is 5.56 Å². The summed E-state index contributed by atoms with van der Waals surface area (Å²) in [6.45, 7) is 4.03. The molecule has 3 rings (SSSR count). The lowest BCUT2D eigenvalue weighted by Gasteiger charge is -2.04. The van der Waals surface area contributed by atoms with E-state index in [1.54, 1.807) is 6.07 Å². The summed E-state index contributed by atoms with van der Waals surface area (Å²) >= 11 is 0. The molecule has 3 aromatic rings. The molecule has 0 fully saturated rings. The number of carboxylic acid groups (broad SMARTS) is 1. The Labute approximate surface area is 121 Å². The van der Waals surface area contributed by atoms with E-state index in [0.29, 0.717) is 17.1 Å². The normalized spacial score (nSPS) is 10.8. The van der Waals surface area contributed by atoms with E-state index < -0.39 is 5.97 Å². The van der Waals surface area contributed by atoms with Gasteiger partial charge in [-0.1, -0.05) is 6.07 Å². The van der Waals surface area contributed by atoms with Crippen molar-refractivity contribution < 1.29 is 14.3 Å². The second-order valence-corrected chi connectivity index (χ2v) is 5.01. The standard InChI is InChI=1S/C16H14N2O3/c1-9-5-10(2)7-12(6-9)17-16-18-13-4-3-11(15(19)20)8-14(13)21-16/h3-8H,1-2H3,(H,17,18)(H,19,20). The SMILES string of the molecule is Cc1cc(C)cc(Nc2nc3ccc(C(=O)O)cc3o2)c1. The first-order valence-electron chi connectivity index (χ1n) is 6.50. The summed E-state index contributed by atoms with van der Waals surface area (Å²) in [5.41, 5.74) is 4.41. The zero-order valence-corrected chi connectivity index (χ0v) is 11.7. The van der Waals surface area contributed by atoms with Crippen LogP contribution in [0.4, 0.5) is 11.7 Å². The van der Waals surface area contributed by atoms with Crippen molar-refractivity contribution >= 4 is 28.8 Å². The fourth-order valence-electron chi connectivity index (χ4n) is 2.28. The van der Waals surface area contributed by atoms with E-state index in [4.69, 9.17) is 9.52 Å². The Kier molecular flexibility index (Phi) is 3.10. The van der Waals surface area contributed by atoms with E-state index in [-0.39, 0.29) is 5.56 Å². The Hall–Kier alpha value is -2.82. The van der Waals surface area contributed by atoms with Crippen molar-refractivity contribution in [2.75, 3.05) is 5.32 Å². The predicted molar refractivity (Wildman–Crippen MR) is 80.2 cm³/mol. The highest BCUT2D eigenvalue weighted by Gasteiger charge is 2.10. The van der Waals surface area contributed by atoms with Gasteiger partial charge < -0.3 is 14.8 Å². The van der Waals surface area contributed by atoms with Gasteiger partial charge in [-0.2, -0.15) is 4.98 Å². The van der Waals surface area contributed by atoms with Crippen LogP contribution < -0.4 is 5.32 Å². The summed E-state index contributed by atoms with van der Waals surface area (Å²) in [6, 6.07) is 11.0. The molecule has 0 aliphatic heterocycles. The van der Waals surface area contributed by atoms with Crippen LogP contribution in [-0.4, -0.2) is 16.1 Å². The van der Waals surface area contributed by atoms with Crippen LogP contribution in [0.2, 0.25) is 0 Å². The van der Waals surface area contributed by atoms with Gasteiger partial charge in [0.25, 0.3) is 6.01 Å². The van der Waals surface area contributed by atoms with Crippen LogP contribution in [0.3, 0.4) is 0 Å². The van der Waals surface area contributed by atoms with Crippen LogP contribution in [0.15, 0.2) is 40.8 Å². The molecule has 0 aliphatic rings. The average molecular weight is 282 g/mol. The minimum Gasteiger partial charge on any atom is -0.478 e. The predicted octanol–water partition coefficient (Wildman–Crippen LogP) is 3.89. The number of hydrogen-bond acceptors (Lipinski definition) is 4. The first kappa shape index (κ1) is 13.2. The number of nitrogens with zero attached hydrogens (tertiary/aromatic N) is 1. The smallest absolute Gasteiger partial charge is 0.335 e. The van der Waals surface area contributed by atoms with Gasteiger partial charge >= 0.3 is 5.97 Å². The molecular weight excluding hydrogens is 268 g/mol. The molecule has 0 radical (unpaired) electrons. The Bertz CT molecular complexity index is 816. The zero-order valence-electron chi connectivity index (χ0n) is 11.7. The fourth-order valence-corrected chi connectivity index (χ4v) is 2.28.